The maximum Gasteiger partial charge on any atom is 0.186 e. The number of hydrogen-bond acceptors (Lipinski definition) is 2. The van der Waals surface area contributed by atoms with Gasteiger partial charge in [-0.25, -0.2) is 0 Å². The Morgan fingerprint density at radius 3 is 2.22 bits per heavy atom. The molecule has 0 aliphatic rings. The molecule has 0 spiro atoms. The molecule has 2 aromatic rings. The van der Waals surface area contributed by atoms with Crippen molar-refractivity contribution >= 4 is 11.2 Å². The Morgan fingerprint density at radius 1 is 1.11 bits per heavy atom. The van der Waals surface area contributed by atoms with Crippen molar-refractivity contribution in [3.63, 3.8) is 0 Å². The molecule has 44 valence electrons. The van der Waals surface area contributed by atoms with Crippen LogP contribution in [-0.2, 0) is 0 Å². The van der Waals surface area contributed by atoms with Gasteiger partial charge in [0.25, 0.3) is 0 Å². The summed E-state index contributed by atoms with van der Waals surface area (Å²) in [6.45, 7) is 0. The van der Waals surface area contributed by atoms with Gasteiger partial charge in [-0.2, -0.15) is 0 Å². The van der Waals surface area contributed by atoms with Gasteiger partial charge in [0.05, 0.1) is 0 Å². The summed E-state index contributed by atoms with van der Waals surface area (Å²) in [6, 6.07) is 6.48. The van der Waals surface area contributed by atoms with Gasteiger partial charge in [0.2, 0.25) is 0 Å². The molecule has 0 unspecified atom stereocenters. The van der Waals surface area contributed by atoms with Gasteiger partial charge >= 0.3 is 0 Å². The number of fused-ring (bicyclic) bond motifs is 2. The molecule has 2 heteroatoms. The predicted octanol–water partition coefficient (Wildman–Crippen LogP) is 1.23. The summed E-state index contributed by atoms with van der Waals surface area (Å²) < 4.78 is 5.06. The second kappa shape index (κ2) is 1.35. The lowest BCUT2D eigenvalue weighted by Crippen LogP contribution is -1.91. The monoisotopic (exact) mass is 120 g/mol. The molecule has 0 fully saturated rings. The van der Waals surface area contributed by atoms with Crippen LogP contribution in [0.4, 0.5) is 0 Å². The Kier molecular flexibility index (Phi) is 0.681. The second-order valence-electron chi connectivity index (χ2n) is 1.93. The van der Waals surface area contributed by atoms with Gasteiger partial charge in [0, 0.05) is 12.1 Å². The molecule has 0 radical (unpaired) electrons. The first-order valence-corrected chi connectivity index (χ1v) is 2.68. The first-order valence-electron chi connectivity index (χ1n) is 2.68. The van der Waals surface area contributed by atoms with E-state index in [0.29, 0.717) is 11.2 Å². The van der Waals surface area contributed by atoms with Crippen LogP contribution in [0.25, 0.3) is 11.2 Å². The van der Waals surface area contributed by atoms with E-state index in [1.54, 1.807) is 12.1 Å². The van der Waals surface area contributed by atoms with Gasteiger partial charge < -0.3 is 4.42 Å². The average Bonchev–Trinajstić information content (AvgIpc) is 2.11. The lowest BCUT2D eigenvalue weighted by Gasteiger charge is -1.79. The van der Waals surface area contributed by atoms with Crippen molar-refractivity contribution in [1.82, 2.24) is 0 Å². The summed E-state index contributed by atoms with van der Waals surface area (Å²) in [4.78, 5) is 10.7. The molecule has 0 amide bonds. The number of furan rings is 1. The Balaban J connectivity index is 3.10. The standard InChI is InChI=1S/C7H4O2/c8-5-3-6-1-2-7(4-5)9-6/h1-4H. The van der Waals surface area contributed by atoms with Crippen LogP contribution < -0.4 is 5.43 Å². The fourth-order valence-corrected chi connectivity index (χ4v) is 0.846. The normalized spacial score (nSPS) is 10.7. The molecule has 0 saturated heterocycles. The highest BCUT2D eigenvalue weighted by atomic mass is 16.3. The molecule has 0 aliphatic heterocycles. The summed E-state index contributed by atoms with van der Waals surface area (Å²) in [5, 5.41) is 0. The van der Waals surface area contributed by atoms with Crippen molar-refractivity contribution in [1.29, 1.82) is 0 Å². The molecule has 2 aromatic heterocycles. The zero-order chi connectivity index (χ0) is 6.27. The van der Waals surface area contributed by atoms with E-state index in [1.165, 1.54) is 12.1 Å². The van der Waals surface area contributed by atoms with E-state index in [9.17, 15) is 4.79 Å². The topological polar surface area (TPSA) is 30.2 Å². The molecular weight excluding hydrogens is 116 g/mol. The molecule has 2 heterocycles. The molecular formula is C7H4O2. The van der Waals surface area contributed by atoms with Crippen molar-refractivity contribution in [2.45, 2.75) is 0 Å². The first-order chi connectivity index (χ1) is 4.34. The molecule has 0 atom stereocenters. The van der Waals surface area contributed by atoms with E-state index in [4.69, 9.17) is 4.42 Å². The number of hydrogen-bond donors (Lipinski definition) is 0. The molecule has 2 rings (SSSR count). The molecule has 0 saturated carbocycles. The maximum absolute atomic E-state index is 10.7. The quantitative estimate of drug-likeness (QED) is 0.523. The zero-order valence-corrected chi connectivity index (χ0v) is 4.63. The van der Waals surface area contributed by atoms with Crippen molar-refractivity contribution in [3.8, 4) is 0 Å². The van der Waals surface area contributed by atoms with Crippen LogP contribution in [0, 0.1) is 0 Å². The third-order valence-corrected chi connectivity index (χ3v) is 1.22. The van der Waals surface area contributed by atoms with E-state index >= 15 is 0 Å². The minimum Gasteiger partial charge on any atom is -0.457 e. The molecule has 0 N–H and O–H groups in total. The summed E-state index contributed by atoms with van der Waals surface area (Å²) in [7, 11) is 0. The van der Waals surface area contributed by atoms with Crippen molar-refractivity contribution in [2.75, 3.05) is 0 Å². The van der Waals surface area contributed by atoms with E-state index in [-0.39, 0.29) is 5.43 Å². The summed E-state index contributed by atoms with van der Waals surface area (Å²) >= 11 is 0. The summed E-state index contributed by atoms with van der Waals surface area (Å²) in [6.07, 6.45) is 0. The summed E-state index contributed by atoms with van der Waals surface area (Å²) in [5.74, 6) is 0. The molecule has 9 heavy (non-hydrogen) atoms. The van der Waals surface area contributed by atoms with Crippen LogP contribution in [0.5, 0.6) is 0 Å². The van der Waals surface area contributed by atoms with Crippen LogP contribution >= 0.6 is 0 Å². The van der Waals surface area contributed by atoms with E-state index in [2.05, 4.69) is 0 Å². The van der Waals surface area contributed by atoms with Crippen molar-refractivity contribution in [2.24, 2.45) is 0 Å². The molecule has 2 nitrogen and oxygen atoms in total. The molecule has 0 aliphatic carbocycles. The van der Waals surface area contributed by atoms with E-state index in [1.807, 2.05) is 0 Å². The van der Waals surface area contributed by atoms with Crippen LogP contribution in [0.1, 0.15) is 0 Å². The van der Waals surface area contributed by atoms with Crippen molar-refractivity contribution < 1.29 is 4.42 Å². The van der Waals surface area contributed by atoms with Crippen LogP contribution in [0.15, 0.2) is 33.5 Å². The highest BCUT2D eigenvalue weighted by Gasteiger charge is 1.94. The zero-order valence-electron chi connectivity index (χ0n) is 4.63. The largest absolute Gasteiger partial charge is 0.457 e. The highest BCUT2D eigenvalue weighted by Crippen LogP contribution is 2.08. The Bertz CT molecular complexity index is 330. The highest BCUT2D eigenvalue weighted by molar-refractivity contribution is 5.55. The Hall–Kier alpha value is -1.31. The lowest BCUT2D eigenvalue weighted by molar-refractivity contribution is 0.661. The van der Waals surface area contributed by atoms with E-state index < -0.39 is 0 Å². The minimum absolute atomic E-state index is 0.0104. The smallest absolute Gasteiger partial charge is 0.186 e. The lowest BCUT2D eigenvalue weighted by atomic mass is 10.5. The molecule has 2 bridgehead atoms. The van der Waals surface area contributed by atoms with Crippen LogP contribution in [-0.4, -0.2) is 0 Å². The van der Waals surface area contributed by atoms with Gasteiger partial charge in [-0.1, -0.05) is 0 Å². The van der Waals surface area contributed by atoms with Gasteiger partial charge in [0.1, 0.15) is 11.2 Å². The average molecular weight is 120 g/mol. The van der Waals surface area contributed by atoms with Gasteiger partial charge in [-0.05, 0) is 12.1 Å². The van der Waals surface area contributed by atoms with E-state index in [0.717, 1.165) is 0 Å². The van der Waals surface area contributed by atoms with Gasteiger partial charge in [-0.3, -0.25) is 4.79 Å². The first kappa shape index (κ1) is 4.56. The SMILES string of the molecule is O=c1cc2ccc(c1)o2. The third-order valence-electron chi connectivity index (χ3n) is 1.22. The molecule has 0 aromatic carbocycles. The van der Waals surface area contributed by atoms with Crippen LogP contribution in [0.3, 0.4) is 0 Å². The maximum atomic E-state index is 10.7. The fourth-order valence-electron chi connectivity index (χ4n) is 0.846. The van der Waals surface area contributed by atoms with Gasteiger partial charge in [0.15, 0.2) is 5.43 Å². The summed E-state index contributed by atoms with van der Waals surface area (Å²) in [5.41, 5.74) is 1.31. The number of rotatable bonds is 0. The third kappa shape index (κ3) is 0.598. The Morgan fingerprint density at radius 2 is 1.67 bits per heavy atom. The Labute approximate surface area is 51.1 Å². The van der Waals surface area contributed by atoms with Crippen LogP contribution in [0.2, 0.25) is 0 Å². The predicted molar refractivity (Wildman–Crippen MR) is 33.7 cm³/mol. The fraction of sp³-hybridized carbons (Fsp3) is 0. The minimum atomic E-state index is 0.0104. The van der Waals surface area contributed by atoms with Crippen molar-refractivity contribution in [3.05, 3.63) is 34.5 Å². The second-order valence-corrected chi connectivity index (χ2v) is 1.93. The van der Waals surface area contributed by atoms with Gasteiger partial charge in [-0.15, -0.1) is 0 Å².